The number of aromatic nitrogens is 1. The van der Waals surface area contributed by atoms with Crippen molar-refractivity contribution in [3.63, 3.8) is 0 Å². The van der Waals surface area contributed by atoms with E-state index in [-0.39, 0.29) is 45.0 Å². The van der Waals surface area contributed by atoms with Crippen LogP contribution in [0, 0.1) is 12.8 Å². The number of alkyl halides is 3. The largest absolute Gasteiger partial charge is 0.490 e. The number of para-hydroxylation sites is 1. The Labute approximate surface area is 318 Å². The summed E-state index contributed by atoms with van der Waals surface area (Å²) in [7, 11) is 0. The highest BCUT2D eigenvalue weighted by Gasteiger charge is 2.43. The highest BCUT2D eigenvalue weighted by atomic mass is 19.4. The monoisotopic (exact) mass is 763 g/mol. The number of carbonyl (C=O) groups excluding carboxylic acids is 2. The van der Waals surface area contributed by atoms with Gasteiger partial charge in [0.05, 0.1) is 17.7 Å². The van der Waals surface area contributed by atoms with E-state index in [0.717, 1.165) is 16.7 Å². The molecule has 0 bridgehead atoms. The molecule has 2 aromatic heterocycles. The number of ether oxygens (including phenoxy) is 1. The van der Waals surface area contributed by atoms with Crippen molar-refractivity contribution in [2.24, 2.45) is 5.92 Å². The van der Waals surface area contributed by atoms with E-state index in [2.05, 4.69) is 15.6 Å². The Morgan fingerprint density at radius 1 is 1.02 bits per heavy atom. The van der Waals surface area contributed by atoms with Gasteiger partial charge in [-0.2, -0.15) is 13.2 Å². The Morgan fingerprint density at radius 2 is 1.73 bits per heavy atom. The summed E-state index contributed by atoms with van der Waals surface area (Å²) in [4.78, 5) is 35.3. The third kappa shape index (κ3) is 9.74. The average molecular weight is 764 g/mol. The number of amides is 2. The summed E-state index contributed by atoms with van der Waals surface area (Å²) in [5.41, 5.74) is 2.47. The number of nitrogens with one attached hydrogen (secondary N) is 2. The van der Waals surface area contributed by atoms with Crippen LogP contribution in [-0.4, -0.2) is 101 Å². The highest BCUT2D eigenvalue weighted by molar-refractivity contribution is 5.82. The average Bonchev–Trinajstić information content (AvgIpc) is 3.57. The van der Waals surface area contributed by atoms with Gasteiger partial charge in [-0.15, -0.1) is 0 Å². The molecule has 4 N–H and O–H groups in total. The van der Waals surface area contributed by atoms with Crippen LogP contribution in [0.15, 0.2) is 89.6 Å². The Kier molecular flexibility index (Phi) is 12.3. The molecule has 14 heteroatoms. The fraction of sp³-hybridized carbons (Fsp3) is 0.439. The van der Waals surface area contributed by atoms with E-state index in [4.69, 9.17) is 9.15 Å². The van der Waals surface area contributed by atoms with Crippen molar-refractivity contribution in [2.75, 3.05) is 39.3 Å². The number of aliphatic hydroxyl groups excluding tert-OH is 2. The van der Waals surface area contributed by atoms with E-state index < -0.39 is 54.4 Å². The zero-order chi connectivity index (χ0) is 39.3. The highest BCUT2D eigenvalue weighted by Crippen LogP contribution is 2.37. The molecule has 5 atom stereocenters. The Morgan fingerprint density at radius 3 is 2.45 bits per heavy atom. The van der Waals surface area contributed by atoms with Crippen molar-refractivity contribution in [3.05, 3.63) is 108 Å². The Bertz CT molecular complexity index is 1910. The van der Waals surface area contributed by atoms with Crippen LogP contribution in [0.3, 0.4) is 0 Å². The number of benzene rings is 2. The van der Waals surface area contributed by atoms with Gasteiger partial charge in [-0.3, -0.25) is 24.4 Å². The van der Waals surface area contributed by atoms with Crippen molar-refractivity contribution >= 4 is 11.8 Å². The number of pyridine rings is 1. The molecular weight excluding hydrogens is 715 g/mol. The minimum atomic E-state index is -4.61. The van der Waals surface area contributed by atoms with E-state index in [1.165, 1.54) is 0 Å². The summed E-state index contributed by atoms with van der Waals surface area (Å²) in [6, 6.07) is 20.3. The molecule has 1 fully saturated rings. The van der Waals surface area contributed by atoms with Gasteiger partial charge in [-0.25, -0.2) is 0 Å². The first-order chi connectivity index (χ1) is 26.2. The quantitative estimate of drug-likeness (QED) is 0.152. The van der Waals surface area contributed by atoms with Crippen molar-refractivity contribution in [3.8, 4) is 17.1 Å². The number of hydrogen-bond acceptors (Lipinski definition) is 9. The van der Waals surface area contributed by atoms with Crippen LogP contribution in [0.4, 0.5) is 13.2 Å². The molecule has 11 nitrogen and oxygen atoms in total. The van der Waals surface area contributed by atoms with Crippen LogP contribution in [0.2, 0.25) is 0 Å². The minimum absolute atomic E-state index is 0.0000940. The number of rotatable bonds is 13. The van der Waals surface area contributed by atoms with E-state index in [9.17, 15) is 33.0 Å². The second kappa shape index (κ2) is 16.9. The predicted molar refractivity (Wildman–Crippen MR) is 199 cm³/mol. The lowest BCUT2D eigenvalue weighted by molar-refractivity contribution is -0.144. The fourth-order valence-corrected chi connectivity index (χ4v) is 7.64. The van der Waals surface area contributed by atoms with Gasteiger partial charge in [0, 0.05) is 55.6 Å². The minimum Gasteiger partial charge on any atom is -0.490 e. The number of piperazine rings is 1. The molecule has 2 aromatic carbocycles. The van der Waals surface area contributed by atoms with Crippen molar-refractivity contribution < 1.29 is 42.1 Å². The second-order valence-electron chi connectivity index (χ2n) is 14.9. The van der Waals surface area contributed by atoms with E-state index in [1.54, 1.807) is 41.6 Å². The first kappa shape index (κ1) is 39.9. The van der Waals surface area contributed by atoms with Crippen LogP contribution in [0.25, 0.3) is 11.3 Å². The molecule has 0 aliphatic carbocycles. The SMILES string of the molecule is Cc1cc(-c2ccncc2)oc1C(C)(C)N1CCN(C[C@@H](O)CC(Cc2ccccc2)C(=O)N[C@H]2c3ccccc3OC[C@H]2O)[C@H](C(=O)NCC(F)(F)F)C1. The van der Waals surface area contributed by atoms with Crippen LogP contribution >= 0.6 is 0 Å². The number of hydrogen-bond donors (Lipinski definition) is 4. The molecule has 6 rings (SSSR count). The van der Waals surface area contributed by atoms with E-state index in [0.29, 0.717) is 29.4 Å². The molecule has 2 aliphatic rings. The van der Waals surface area contributed by atoms with E-state index >= 15 is 0 Å². The van der Waals surface area contributed by atoms with Crippen LogP contribution in [-0.2, 0) is 21.5 Å². The lowest BCUT2D eigenvalue weighted by Crippen LogP contribution is -2.63. The molecule has 0 spiro atoms. The maximum atomic E-state index is 14.0. The number of nitrogens with zero attached hydrogens (tertiary/aromatic N) is 3. The predicted octanol–water partition coefficient (Wildman–Crippen LogP) is 4.77. The first-order valence-electron chi connectivity index (χ1n) is 18.5. The third-order valence-electron chi connectivity index (χ3n) is 10.5. The number of aryl methyl sites for hydroxylation is 1. The van der Waals surface area contributed by atoms with Crippen LogP contribution in [0.1, 0.15) is 48.8 Å². The lowest BCUT2D eigenvalue weighted by Gasteiger charge is -2.47. The van der Waals surface area contributed by atoms with Gasteiger partial charge >= 0.3 is 6.18 Å². The topological polar surface area (TPSA) is 140 Å². The van der Waals surface area contributed by atoms with Crippen molar-refractivity contribution in [1.29, 1.82) is 0 Å². The van der Waals surface area contributed by atoms with Crippen molar-refractivity contribution in [2.45, 2.75) is 69.6 Å². The number of aliphatic hydroxyl groups is 2. The molecule has 1 unspecified atom stereocenters. The van der Waals surface area contributed by atoms with Gasteiger partial charge in [0.1, 0.15) is 42.6 Å². The fourth-order valence-electron chi connectivity index (χ4n) is 7.64. The molecule has 1 saturated heterocycles. The molecular formula is C41H48F3N5O6. The number of β-amino-alcohol motifs (C(OH)–C–C–N with tert-alkyl or cyclic N) is 1. The van der Waals surface area contributed by atoms with Gasteiger partial charge in [0.25, 0.3) is 0 Å². The van der Waals surface area contributed by atoms with Gasteiger partial charge in [-0.1, -0.05) is 48.5 Å². The normalized spacial score (nSPS) is 20.5. The lowest BCUT2D eigenvalue weighted by atomic mass is 9.90. The molecule has 4 heterocycles. The molecule has 4 aromatic rings. The summed E-state index contributed by atoms with van der Waals surface area (Å²) in [6.07, 6.45) is -3.12. The maximum Gasteiger partial charge on any atom is 0.405 e. The Hall–Kier alpha value is -4.76. The van der Waals surface area contributed by atoms with E-state index in [1.807, 2.05) is 74.2 Å². The first-order valence-corrected chi connectivity index (χ1v) is 18.5. The summed E-state index contributed by atoms with van der Waals surface area (Å²) < 4.78 is 51.8. The van der Waals surface area contributed by atoms with Crippen LogP contribution in [0.5, 0.6) is 5.75 Å². The second-order valence-corrected chi connectivity index (χ2v) is 14.9. The number of furan rings is 1. The number of fused-ring (bicyclic) bond motifs is 1. The zero-order valence-electron chi connectivity index (χ0n) is 31.1. The molecule has 0 radical (unpaired) electrons. The number of halogens is 3. The van der Waals surface area contributed by atoms with Crippen molar-refractivity contribution in [1.82, 2.24) is 25.4 Å². The van der Waals surface area contributed by atoms with Crippen LogP contribution < -0.4 is 15.4 Å². The van der Waals surface area contributed by atoms with Gasteiger partial charge in [0.2, 0.25) is 11.8 Å². The zero-order valence-corrected chi connectivity index (χ0v) is 31.1. The summed E-state index contributed by atoms with van der Waals surface area (Å²) in [5.74, 6) is -0.0673. The molecule has 294 valence electrons. The van der Waals surface area contributed by atoms with Gasteiger partial charge < -0.3 is 30.0 Å². The summed E-state index contributed by atoms with van der Waals surface area (Å²) in [6.45, 7) is 5.00. The standard InChI is InChI=1S/C41H48F3N5O6/c1-26-19-35(28-13-15-45-16-14-28)55-37(26)40(2,3)49-18-17-48(32(23-49)39(53)46-25-41(42,43)44)22-30(50)21-29(20-27-9-5-4-6-10-27)38(52)47-36-31-11-7-8-12-34(31)54-24-33(36)51/h4-16,19,29-30,32-33,36,50-51H,17-18,20-25H2,1-3H3,(H,46,53)(H,47,52)/t29?,30-,32-,33+,36-/m0/s1. The summed E-state index contributed by atoms with van der Waals surface area (Å²) in [5, 5.41) is 27.4. The third-order valence-corrected chi connectivity index (χ3v) is 10.5. The summed E-state index contributed by atoms with van der Waals surface area (Å²) >= 11 is 0. The molecule has 2 aliphatic heterocycles. The Balaban J connectivity index is 1.20. The molecule has 55 heavy (non-hydrogen) atoms. The molecule has 0 saturated carbocycles. The van der Waals surface area contributed by atoms with Gasteiger partial charge in [-0.05, 0) is 69.0 Å². The number of carbonyl (C=O) groups is 2. The molecule has 2 amide bonds. The smallest absolute Gasteiger partial charge is 0.405 e. The maximum absolute atomic E-state index is 14.0. The van der Waals surface area contributed by atoms with Gasteiger partial charge in [0.15, 0.2) is 0 Å².